The number of anilines is 2. The molecule has 0 spiro atoms. The molecule has 1 N–H and O–H groups in total. The van der Waals surface area contributed by atoms with Gasteiger partial charge in [0, 0.05) is 33.0 Å². The minimum Gasteiger partial charge on any atom is -0.384 e. The van der Waals surface area contributed by atoms with Crippen LogP contribution in [0.2, 0.25) is 0 Å². The van der Waals surface area contributed by atoms with Crippen LogP contribution in [-0.4, -0.2) is 28.7 Å². The second-order valence-electron chi connectivity index (χ2n) is 14.0. The van der Waals surface area contributed by atoms with Gasteiger partial charge in [-0.3, -0.25) is 19.2 Å². The lowest BCUT2D eigenvalue weighted by Gasteiger charge is -2.31. The van der Waals surface area contributed by atoms with Crippen LogP contribution >= 0.6 is 0 Å². The van der Waals surface area contributed by atoms with Crippen LogP contribution in [-0.2, 0) is 0 Å². The fraction of sp³-hybridized carbons (Fsp3) is 0.163. The van der Waals surface area contributed by atoms with E-state index >= 15 is 0 Å². The van der Waals surface area contributed by atoms with Crippen LogP contribution in [0.25, 0.3) is 32.7 Å². The number of aliphatic hydroxyl groups excluding tert-OH is 1. The lowest BCUT2D eigenvalue weighted by Crippen LogP contribution is -2.41. The normalized spacial score (nSPS) is 15.1. The number of aliphatic hydroxyl groups is 1. The van der Waals surface area contributed by atoms with Crippen molar-refractivity contribution in [2.45, 2.75) is 47.6 Å². The second kappa shape index (κ2) is 10.1. The van der Waals surface area contributed by atoms with Gasteiger partial charge in [0.25, 0.3) is 23.6 Å². The minimum atomic E-state index is -1.15. The highest BCUT2D eigenvalue weighted by atomic mass is 16.3. The van der Waals surface area contributed by atoms with Gasteiger partial charge in [0.05, 0.1) is 11.4 Å². The van der Waals surface area contributed by atoms with Gasteiger partial charge in [-0.25, -0.2) is 9.80 Å². The SMILES string of the molecule is Cc1cc(C)c(N2C(=O)c3ccc4c5c(ccc(c35)C2=O)C(O)c2ccc3c5c(ccc-4c25)C(=O)N(c2c(C)cc(C)cc2C)C3=O)c(C)c1. The Morgan fingerprint density at radius 3 is 1.02 bits per heavy atom. The standard InChI is InChI=1S/C43H32N2O5/c1-19-15-21(3)37(22(4)16-19)44-40(47)29-11-7-25-26-8-12-30-36-32(43(50)45(41(30)48)38-23(5)17-20(2)18-24(38)6)14-10-28(34(26)36)39(46)27-9-13-31(42(44)49)35(29)33(25)27/h7-18,39,46H,1-6H3. The number of amides is 4. The molecular weight excluding hydrogens is 624 g/mol. The first-order chi connectivity index (χ1) is 23.9. The number of hydrogen-bond donors (Lipinski definition) is 1. The summed E-state index contributed by atoms with van der Waals surface area (Å²) in [4.78, 5) is 59.7. The molecule has 50 heavy (non-hydrogen) atoms. The monoisotopic (exact) mass is 656 g/mol. The predicted octanol–water partition coefficient (Wildman–Crippen LogP) is 8.51. The maximum atomic E-state index is 14.3. The first-order valence-electron chi connectivity index (χ1n) is 16.7. The number of rotatable bonds is 2. The molecule has 0 radical (unpaired) electrons. The fourth-order valence-electron chi connectivity index (χ4n) is 8.95. The molecular formula is C43H32N2O5. The van der Waals surface area contributed by atoms with Gasteiger partial charge in [-0.1, -0.05) is 59.7 Å². The Hall–Kier alpha value is -5.92. The molecule has 244 valence electrons. The van der Waals surface area contributed by atoms with E-state index in [1.807, 2.05) is 77.9 Å². The molecule has 6 aromatic carbocycles. The van der Waals surface area contributed by atoms with Crippen LogP contribution in [0, 0.1) is 41.5 Å². The molecule has 9 rings (SSSR count). The van der Waals surface area contributed by atoms with E-state index in [0.717, 1.165) is 33.4 Å². The molecule has 0 fully saturated rings. The van der Waals surface area contributed by atoms with Crippen LogP contribution in [0.5, 0.6) is 0 Å². The van der Waals surface area contributed by atoms with E-state index in [0.29, 0.717) is 77.4 Å². The Balaban J connectivity index is 1.28. The summed E-state index contributed by atoms with van der Waals surface area (Å²) in [5.41, 5.74) is 10.6. The van der Waals surface area contributed by atoms with Gasteiger partial charge < -0.3 is 5.11 Å². The van der Waals surface area contributed by atoms with Crippen LogP contribution in [0.1, 0.15) is 92.0 Å². The molecule has 0 unspecified atom stereocenters. The molecule has 2 heterocycles. The third kappa shape index (κ3) is 3.72. The van der Waals surface area contributed by atoms with Crippen molar-refractivity contribution in [3.8, 4) is 11.1 Å². The van der Waals surface area contributed by atoms with Gasteiger partial charge in [-0.15, -0.1) is 0 Å². The van der Waals surface area contributed by atoms with Gasteiger partial charge in [-0.2, -0.15) is 0 Å². The summed E-state index contributed by atoms with van der Waals surface area (Å²) < 4.78 is 0. The minimum absolute atomic E-state index is 0.372. The van der Waals surface area contributed by atoms with Gasteiger partial charge in [0.1, 0.15) is 6.10 Å². The van der Waals surface area contributed by atoms with Crippen molar-refractivity contribution in [1.29, 1.82) is 0 Å². The van der Waals surface area contributed by atoms with Crippen molar-refractivity contribution < 1.29 is 24.3 Å². The zero-order valence-electron chi connectivity index (χ0n) is 28.5. The average Bonchev–Trinajstić information content (AvgIpc) is 3.17. The van der Waals surface area contributed by atoms with E-state index in [9.17, 15) is 24.3 Å². The van der Waals surface area contributed by atoms with Crippen LogP contribution in [0.15, 0.2) is 72.8 Å². The summed E-state index contributed by atoms with van der Waals surface area (Å²) in [5, 5.41) is 14.3. The maximum absolute atomic E-state index is 14.3. The highest BCUT2D eigenvalue weighted by Gasteiger charge is 2.41. The molecule has 0 saturated heterocycles. The van der Waals surface area contributed by atoms with E-state index in [-0.39, 0.29) is 0 Å². The third-order valence-corrected chi connectivity index (χ3v) is 10.7. The Morgan fingerprint density at radius 1 is 0.420 bits per heavy atom. The zero-order valence-corrected chi connectivity index (χ0v) is 28.5. The molecule has 3 aliphatic rings. The number of hydrogen-bond acceptors (Lipinski definition) is 5. The smallest absolute Gasteiger partial charge is 0.266 e. The van der Waals surface area contributed by atoms with Crippen LogP contribution in [0.4, 0.5) is 11.4 Å². The Morgan fingerprint density at radius 2 is 0.700 bits per heavy atom. The first-order valence-corrected chi connectivity index (χ1v) is 16.7. The fourth-order valence-corrected chi connectivity index (χ4v) is 8.95. The van der Waals surface area contributed by atoms with Gasteiger partial charge >= 0.3 is 0 Å². The number of aryl methyl sites for hydroxylation is 6. The third-order valence-electron chi connectivity index (χ3n) is 10.7. The number of benzene rings is 6. The molecule has 7 nitrogen and oxygen atoms in total. The molecule has 0 atom stereocenters. The highest BCUT2D eigenvalue weighted by Crippen LogP contribution is 2.50. The number of nitrogens with zero attached hydrogens (tertiary/aromatic N) is 2. The van der Waals surface area contributed by atoms with Crippen LogP contribution in [0.3, 0.4) is 0 Å². The maximum Gasteiger partial charge on any atom is 0.266 e. The molecule has 2 aliphatic heterocycles. The van der Waals surface area contributed by atoms with Crippen LogP contribution < -0.4 is 9.80 Å². The lowest BCUT2D eigenvalue weighted by molar-refractivity contribution is 0.0877. The zero-order chi connectivity index (χ0) is 35.1. The summed E-state index contributed by atoms with van der Waals surface area (Å²) in [6.07, 6.45) is -1.15. The molecule has 0 saturated carbocycles. The van der Waals surface area contributed by atoms with E-state index in [4.69, 9.17) is 0 Å². The Kier molecular flexibility index (Phi) is 6.07. The topological polar surface area (TPSA) is 95.0 Å². The largest absolute Gasteiger partial charge is 0.384 e. The van der Waals surface area contributed by atoms with E-state index in [1.54, 1.807) is 36.4 Å². The van der Waals surface area contributed by atoms with Crippen molar-refractivity contribution in [1.82, 2.24) is 0 Å². The van der Waals surface area contributed by atoms with Gasteiger partial charge in [0.15, 0.2) is 0 Å². The van der Waals surface area contributed by atoms with E-state index < -0.39 is 29.7 Å². The molecule has 4 amide bonds. The number of carbonyl (C=O) groups is 4. The summed E-state index contributed by atoms with van der Waals surface area (Å²) in [6.45, 7) is 11.6. The van der Waals surface area contributed by atoms with E-state index in [2.05, 4.69) is 0 Å². The molecule has 6 aromatic rings. The lowest BCUT2D eigenvalue weighted by atomic mass is 9.85. The number of carbonyl (C=O) groups excluding carboxylic acids is 4. The molecule has 1 aliphatic carbocycles. The van der Waals surface area contributed by atoms with Crippen molar-refractivity contribution in [2.24, 2.45) is 0 Å². The average molecular weight is 657 g/mol. The first kappa shape index (κ1) is 30.2. The molecule has 7 heteroatoms. The van der Waals surface area contributed by atoms with Gasteiger partial charge in [0.2, 0.25) is 0 Å². The summed E-state index contributed by atoms with van der Waals surface area (Å²) in [5.74, 6) is -1.69. The summed E-state index contributed by atoms with van der Waals surface area (Å²) in [6, 6.07) is 22.0. The Bertz CT molecular complexity index is 2390. The molecule has 0 bridgehead atoms. The van der Waals surface area contributed by atoms with Crippen molar-refractivity contribution in [2.75, 3.05) is 9.80 Å². The highest BCUT2D eigenvalue weighted by molar-refractivity contribution is 6.39. The summed E-state index contributed by atoms with van der Waals surface area (Å²) in [7, 11) is 0. The number of fused-ring (bicyclic) bond motifs is 1. The van der Waals surface area contributed by atoms with Crippen molar-refractivity contribution in [3.63, 3.8) is 0 Å². The summed E-state index contributed by atoms with van der Waals surface area (Å²) >= 11 is 0. The van der Waals surface area contributed by atoms with E-state index in [1.165, 1.54) is 9.80 Å². The molecule has 0 aromatic heterocycles. The number of imide groups is 2. The van der Waals surface area contributed by atoms with Gasteiger partial charge in [-0.05, 0) is 121 Å². The quantitative estimate of drug-likeness (QED) is 0.189. The second-order valence-corrected chi connectivity index (χ2v) is 14.0. The van der Waals surface area contributed by atoms with Crippen molar-refractivity contribution >= 4 is 56.5 Å². The Labute approximate surface area is 288 Å². The predicted molar refractivity (Wildman–Crippen MR) is 195 cm³/mol. The van der Waals surface area contributed by atoms with Crippen molar-refractivity contribution in [3.05, 3.63) is 140 Å².